The molecule has 106 valence electrons. The van der Waals surface area contributed by atoms with E-state index in [9.17, 15) is 4.79 Å². The first-order chi connectivity index (χ1) is 10.1. The zero-order valence-corrected chi connectivity index (χ0v) is 13.2. The summed E-state index contributed by atoms with van der Waals surface area (Å²) in [4.78, 5) is 12.0. The highest BCUT2D eigenvalue weighted by atomic mass is 79.9. The first-order valence-electron chi connectivity index (χ1n) is 6.32. The van der Waals surface area contributed by atoms with E-state index in [0.29, 0.717) is 10.6 Å². The first-order valence-corrected chi connectivity index (χ1v) is 7.49. The zero-order chi connectivity index (χ0) is 14.8. The number of hydrogen-bond acceptors (Lipinski definition) is 3. The van der Waals surface area contributed by atoms with Gasteiger partial charge in [-0.25, -0.2) is 4.79 Å². The van der Waals surface area contributed by atoms with Crippen LogP contribution in [0.15, 0.2) is 58.7 Å². The van der Waals surface area contributed by atoms with E-state index >= 15 is 0 Å². The summed E-state index contributed by atoms with van der Waals surface area (Å²) in [5, 5.41) is 3.85. The summed E-state index contributed by atoms with van der Waals surface area (Å²) in [6.07, 6.45) is 0. The molecular formula is C16H11BrClNO2. The van der Waals surface area contributed by atoms with Crippen molar-refractivity contribution in [3.63, 3.8) is 0 Å². The Balaban J connectivity index is 1.97. The molecular weight excluding hydrogens is 354 g/mol. The molecule has 0 saturated heterocycles. The number of carbonyl (C=O) groups is 1. The van der Waals surface area contributed by atoms with Crippen molar-refractivity contribution >= 4 is 44.8 Å². The molecule has 5 heteroatoms. The monoisotopic (exact) mass is 363 g/mol. The van der Waals surface area contributed by atoms with Crippen molar-refractivity contribution in [2.75, 3.05) is 11.9 Å². The van der Waals surface area contributed by atoms with Gasteiger partial charge in [-0.3, -0.25) is 0 Å². The Morgan fingerprint density at radius 3 is 2.62 bits per heavy atom. The van der Waals surface area contributed by atoms with Gasteiger partial charge < -0.3 is 10.1 Å². The van der Waals surface area contributed by atoms with Crippen LogP contribution in [0.1, 0.15) is 5.56 Å². The van der Waals surface area contributed by atoms with Crippen LogP contribution in [0.3, 0.4) is 0 Å². The summed E-state index contributed by atoms with van der Waals surface area (Å²) >= 11 is 9.35. The Morgan fingerprint density at radius 1 is 1.14 bits per heavy atom. The van der Waals surface area contributed by atoms with Crippen LogP contribution in [0.5, 0.6) is 0 Å². The van der Waals surface area contributed by atoms with Crippen LogP contribution in [0, 0.1) is 0 Å². The molecule has 2 aromatic rings. The van der Waals surface area contributed by atoms with Crippen LogP contribution in [-0.2, 0) is 9.53 Å². The van der Waals surface area contributed by atoms with E-state index in [1.165, 1.54) is 0 Å². The van der Waals surface area contributed by atoms with Crippen molar-refractivity contribution in [3.05, 3.63) is 69.3 Å². The molecule has 1 aliphatic heterocycles. The fraction of sp³-hybridized carbons (Fsp3) is 0.0625. The van der Waals surface area contributed by atoms with Crippen molar-refractivity contribution < 1.29 is 9.53 Å². The molecule has 2 aromatic carbocycles. The summed E-state index contributed by atoms with van der Waals surface area (Å²) < 4.78 is 6.11. The average Bonchev–Trinajstić information content (AvgIpc) is 2.81. The fourth-order valence-electron chi connectivity index (χ4n) is 2.15. The molecule has 0 radical (unpaired) electrons. The molecule has 0 spiro atoms. The van der Waals surface area contributed by atoms with Gasteiger partial charge >= 0.3 is 5.97 Å². The molecule has 0 amide bonds. The van der Waals surface area contributed by atoms with Crippen molar-refractivity contribution in [3.8, 4) is 0 Å². The minimum atomic E-state index is -0.318. The van der Waals surface area contributed by atoms with Gasteiger partial charge in [0, 0.05) is 15.2 Å². The predicted octanol–water partition coefficient (Wildman–Crippen LogP) is 4.48. The molecule has 0 aliphatic carbocycles. The lowest BCUT2D eigenvalue weighted by Gasteiger charge is -2.08. The number of esters is 1. The number of nitrogens with one attached hydrogen (secondary N) is 1. The van der Waals surface area contributed by atoms with Gasteiger partial charge in [0.25, 0.3) is 0 Å². The van der Waals surface area contributed by atoms with E-state index in [1.54, 1.807) is 12.1 Å². The topological polar surface area (TPSA) is 38.3 Å². The van der Waals surface area contributed by atoms with Crippen LogP contribution in [0.4, 0.5) is 5.69 Å². The van der Waals surface area contributed by atoms with E-state index < -0.39 is 0 Å². The number of cyclic esters (lactones) is 1. The van der Waals surface area contributed by atoms with Gasteiger partial charge in [-0.2, -0.15) is 0 Å². The van der Waals surface area contributed by atoms with Crippen molar-refractivity contribution in [1.29, 1.82) is 0 Å². The molecule has 0 atom stereocenters. The molecule has 3 nitrogen and oxygen atoms in total. The molecule has 0 saturated carbocycles. The highest BCUT2D eigenvalue weighted by Gasteiger charge is 2.26. The zero-order valence-electron chi connectivity index (χ0n) is 10.9. The van der Waals surface area contributed by atoms with Gasteiger partial charge in [0.05, 0.1) is 11.3 Å². The molecule has 3 rings (SSSR count). The van der Waals surface area contributed by atoms with Gasteiger partial charge in [0.2, 0.25) is 0 Å². The van der Waals surface area contributed by atoms with Crippen LogP contribution in [-0.4, -0.2) is 12.6 Å². The van der Waals surface area contributed by atoms with Gasteiger partial charge in [-0.15, -0.1) is 0 Å². The maximum absolute atomic E-state index is 12.0. The number of anilines is 1. The highest BCUT2D eigenvalue weighted by molar-refractivity contribution is 9.10. The molecule has 1 N–H and O–H groups in total. The van der Waals surface area contributed by atoms with Gasteiger partial charge in [-0.1, -0.05) is 45.7 Å². The fourth-order valence-corrected chi connectivity index (χ4v) is 2.61. The van der Waals surface area contributed by atoms with E-state index in [1.807, 2.05) is 36.4 Å². The quantitative estimate of drug-likeness (QED) is 0.816. The SMILES string of the molecule is O=C1OCC(Nc2cccc(Cl)c2)=C1c1ccc(Br)cc1. The minimum absolute atomic E-state index is 0.233. The number of hydrogen-bond donors (Lipinski definition) is 1. The number of carbonyl (C=O) groups excluding carboxylic acids is 1. The third kappa shape index (κ3) is 3.12. The Kier molecular flexibility index (Phi) is 3.99. The average molecular weight is 365 g/mol. The lowest BCUT2D eigenvalue weighted by atomic mass is 10.1. The van der Waals surface area contributed by atoms with Crippen molar-refractivity contribution in [2.45, 2.75) is 0 Å². The lowest BCUT2D eigenvalue weighted by Crippen LogP contribution is -2.03. The molecule has 0 aromatic heterocycles. The first kappa shape index (κ1) is 14.2. The third-order valence-corrected chi connectivity index (χ3v) is 3.87. The van der Waals surface area contributed by atoms with Gasteiger partial charge in [0.1, 0.15) is 6.61 Å². The largest absolute Gasteiger partial charge is 0.456 e. The minimum Gasteiger partial charge on any atom is -0.456 e. The molecule has 0 fully saturated rings. The summed E-state index contributed by atoms with van der Waals surface area (Å²) in [7, 11) is 0. The second kappa shape index (κ2) is 5.92. The molecule has 1 heterocycles. The molecule has 21 heavy (non-hydrogen) atoms. The maximum Gasteiger partial charge on any atom is 0.341 e. The number of ether oxygens (including phenoxy) is 1. The van der Waals surface area contributed by atoms with Crippen LogP contribution >= 0.6 is 27.5 Å². The van der Waals surface area contributed by atoms with E-state index in [0.717, 1.165) is 21.4 Å². The second-order valence-electron chi connectivity index (χ2n) is 4.57. The normalized spacial score (nSPS) is 14.3. The summed E-state index contributed by atoms with van der Waals surface area (Å²) in [6.45, 7) is 0.233. The summed E-state index contributed by atoms with van der Waals surface area (Å²) in [5.41, 5.74) is 2.95. The van der Waals surface area contributed by atoms with E-state index in [-0.39, 0.29) is 12.6 Å². The Bertz CT molecular complexity index is 725. The Hall–Kier alpha value is -1.78. The molecule has 0 bridgehead atoms. The predicted molar refractivity (Wildman–Crippen MR) is 87.1 cm³/mol. The maximum atomic E-state index is 12.0. The van der Waals surface area contributed by atoms with E-state index in [4.69, 9.17) is 16.3 Å². The molecule has 0 unspecified atom stereocenters. The second-order valence-corrected chi connectivity index (χ2v) is 5.92. The van der Waals surface area contributed by atoms with E-state index in [2.05, 4.69) is 21.2 Å². The standard InChI is InChI=1S/C16H11BrClNO2/c17-11-6-4-10(5-7-11)15-14(9-21-16(15)20)19-13-3-1-2-12(18)8-13/h1-8,19H,9H2. The summed E-state index contributed by atoms with van der Waals surface area (Å²) in [5.74, 6) is -0.318. The Morgan fingerprint density at radius 2 is 1.90 bits per heavy atom. The third-order valence-electron chi connectivity index (χ3n) is 3.11. The molecule has 1 aliphatic rings. The van der Waals surface area contributed by atoms with Crippen molar-refractivity contribution in [2.24, 2.45) is 0 Å². The van der Waals surface area contributed by atoms with Crippen LogP contribution < -0.4 is 5.32 Å². The lowest BCUT2D eigenvalue weighted by molar-refractivity contribution is -0.134. The van der Waals surface area contributed by atoms with Gasteiger partial charge in [0.15, 0.2) is 0 Å². The Labute approximate surface area is 135 Å². The summed E-state index contributed by atoms with van der Waals surface area (Å²) in [6, 6.07) is 14.9. The van der Waals surface area contributed by atoms with Gasteiger partial charge in [-0.05, 0) is 35.9 Å². The van der Waals surface area contributed by atoms with Crippen LogP contribution in [0.25, 0.3) is 5.57 Å². The smallest absolute Gasteiger partial charge is 0.341 e. The van der Waals surface area contributed by atoms with Crippen molar-refractivity contribution in [1.82, 2.24) is 0 Å². The number of benzene rings is 2. The highest BCUT2D eigenvalue weighted by Crippen LogP contribution is 2.28. The number of halogens is 2. The van der Waals surface area contributed by atoms with Crippen LogP contribution in [0.2, 0.25) is 5.02 Å². The number of rotatable bonds is 3.